The molecule has 8 bridgehead atoms. The van der Waals surface area contributed by atoms with Gasteiger partial charge >= 0.3 is 0 Å². The Kier molecular flexibility index (Phi) is 7.51. The third-order valence-corrected chi connectivity index (χ3v) is 17.7. The normalized spacial score (nSPS) is 28.9. The van der Waals surface area contributed by atoms with Crippen LogP contribution in [0.25, 0.3) is 89.2 Å². The fraction of sp³-hybridized carbons (Fsp3) is 0.339. The van der Waals surface area contributed by atoms with Gasteiger partial charge in [0.25, 0.3) is 0 Å². The number of aromatic nitrogens is 3. The molecule has 3 aromatic heterocycles. The van der Waals surface area contributed by atoms with Gasteiger partial charge < -0.3 is 8.83 Å². The van der Waals surface area contributed by atoms with Crippen LogP contribution in [0.2, 0.25) is 0 Å². The van der Waals surface area contributed by atoms with Crippen molar-refractivity contribution in [2.75, 3.05) is 0 Å². The summed E-state index contributed by atoms with van der Waals surface area (Å²) in [5.74, 6) is 7.33. The van der Waals surface area contributed by atoms with Gasteiger partial charge in [0.1, 0.15) is 22.3 Å². The Morgan fingerprint density at radius 2 is 0.797 bits per heavy atom. The summed E-state index contributed by atoms with van der Waals surface area (Å²) in [7, 11) is 0. The van der Waals surface area contributed by atoms with Crippen LogP contribution >= 0.6 is 0 Å². The number of nitrogens with zero attached hydrogens (tertiary/aromatic N) is 3. The van der Waals surface area contributed by atoms with Crippen LogP contribution in [0.4, 0.5) is 0 Å². The first-order chi connectivity index (χ1) is 31.5. The lowest BCUT2D eigenvalue weighted by atomic mass is 9.48. The predicted molar refractivity (Wildman–Crippen MR) is 256 cm³/mol. The van der Waals surface area contributed by atoms with E-state index >= 15 is 0 Å². The van der Waals surface area contributed by atoms with Gasteiger partial charge in [0.15, 0.2) is 17.5 Å². The molecule has 6 aromatic carbocycles. The highest BCUT2D eigenvalue weighted by molar-refractivity contribution is 6.11. The number of furan rings is 2. The van der Waals surface area contributed by atoms with Crippen molar-refractivity contribution < 1.29 is 8.83 Å². The molecule has 314 valence electrons. The summed E-state index contributed by atoms with van der Waals surface area (Å²) in [6.07, 6.45) is 16.8. The van der Waals surface area contributed by atoms with Crippen molar-refractivity contribution >= 4 is 43.9 Å². The van der Waals surface area contributed by atoms with E-state index in [1.807, 2.05) is 12.1 Å². The van der Waals surface area contributed by atoms with E-state index in [-0.39, 0.29) is 0 Å². The lowest BCUT2D eigenvalue weighted by Gasteiger charge is -2.57. The van der Waals surface area contributed by atoms with E-state index in [1.54, 1.807) is 0 Å². The maximum absolute atomic E-state index is 6.76. The first kappa shape index (κ1) is 36.3. The Hall–Kier alpha value is -6.07. The van der Waals surface area contributed by atoms with Crippen LogP contribution in [0.3, 0.4) is 0 Å². The van der Waals surface area contributed by atoms with Crippen LogP contribution in [0, 0.1) is 35.5 Å². The van der Waals surface area contributed by atoms with Gasteiger partial charge in [-0.2, -0.15) is 0 Å². The highest BCUT2D eigenvalue weighted by Gasteiger charge is 2.52. The van der Waals surface area contributed by atoms with Gasteiger partial charge in [-0.1, -0.05) is 97.1 Å². The number of hydrogen-bond acceptors (Lipinski definition) is 5. The molecule has 0 amide bonds. The van der Waals surface area contributed by atoms with Crippen LogP contribution in [-0.2, 0) is 10.8 Å². The molecule has 0 spiro atoms. The molecular weight excluding hydrogens is 783 g/mol. The molecular formula is C59H51N3O2. The minimum Gasteiger partial charge on any atom is -0.455 e. The number of benzene rings is 6. The zero-order chi connectivity index (χ0) is 41.7. The number of fused-ring (bicyclic) bond motifs is 6. The SMILES string of the molecule is c1ccc2c(c1)oc1c(-c3ccc(C45CC6CC(CC(C6)C4)C5)cc3)cc(-c3nc(-c4ccc(C56CC7CC(CC(C7)C5)C6)cc4)nc(-c4cccc5c4oc4ccccc45)n3)cc12. The summed E-state index contributed by atoms with van der Waals surface area (Å²) in [6.45, 7) is 0. The zero-order valence-corrected chi connectivity index (χ0v) is 36.2. The summed E-state index contributed by atoms with van der Waals surface area (Å²) >= 11 is 0. The largest absolute Gasteiger partial charge is 0.455 e. The van der Waals surface area contributed by atoms with Crippen LogP contribution in [0.1, 0.15) is 88.2 Å². The molecule has 0 radical (unpaired) electrons. The Morgan fingerprint density at radius 3 is 1.34 bits per heavy atom. The van der Waals surface area contributed by atoms with Crippen LogP contribution in [0.15, 0.2) is 136 Å². The third-order valence-electron chi connectivity index (χ3n) is 17.7. The minimum atomic E-state index is 0.326. The number of para-hydroxylation sites is 3. The quantitative estimate of drug-likeness (QED) is 0.167. The molecule has 8 aliphatic carbocycles. The summed E-state index contributed by atoms with van der Waals surface area (Å²) in [6, 6.07) is 46.5. The van der Waals surface area contributed by atoms with E-state index in [1.165, 1.54) is 88.2 Å². The van der Waals surface area contributed by atoms with Gasteiger partial charge in [-0.05, 0) is 170 Å². The van der Waals surface area contributed by atoms with Crippen molar-refractivity contribution in [1.29, 1.82) is 0 Å². The first-order valence-corrected chi connectivity index (χ1v) is 24.3. The van der Waals surface area contributed by atoms with Crippen molar-refractivity contribution in [2.24, 2.45) is 35.5 Å². The molecule has 0 saturated heterocycles. The summed E-state index contributed by atoms with van der Waals surface area (Å²) in [5.41, 5.74) is 12.2. The fourth-order valence-corrected chi connectivity index (χ4v) is 15.8. The smallest absolute Gasteiger partial charge is 0.167 e. The molecule has 8 saturated carbocycles. The van der Waals surface area contributed by atoms with Gasteiger partial charge in [0.2, 0.25) is 0 Å². The Bertz CT molecular complexity index is 3280. The molecule has 8 aliphatic rings. The Balaban J connectivity index is 0.894. The summed E-state index contributed by atoms with van der Waals surface area (Å²) < 4.78 is 13.4. The van der Waals surface area contributed by atoms with E-state index in [0.29, 0.717) is 28.3 Å². The Labute approximate surface area is 373 Å². The molecule has 9 aromatic rings. The lowest BCUT2D eigenvalue weighted by Crippen LogP contribution is -2.48. The summed E-state index contributed by atoms with van der Waals surface area (Å²) in [4.78, 5) is 16.1. The van der Waals surface area contributed by atoms with Crippen LogP contribution in [-0.4, -0.2) is 15.0 Å². The highest BCUT2D eigenvalue weighted by atomic mass is 16.3. The monoisotopic (exact) mass is 833 g/mol. The zero-order valence-electron chi connectivity index (χ0n) is 36.2. The van der Waals surface area contributed by atoms with E-state index in [0.717, 1.165) is 107 Å². The molecule has 0 atom stereocenters. The van der Waals surface area contributed by atoms with Crippen molar-refractivity contribution in [3.8, 4) is 45.3 Å². The predicted octanol–water partition coefficient (Wildman–Crippen LogP) is 15.3. The molecule has 5 nitrogen and oxygen atoms in total. The van der Waals surface area contributed by atoms with Crippen molar-refractivity contribution in [1.82, 2.24) is 15.0 Å². The van der Waals surface area contributed by atoms with Crippen LogP contribution < -0.4 is 0 Å². The van der Waals surface area contributed by atoms with Gasteiger partial charge in [0.05, 0.1) is 5.56 Å². The average molecular weight is 834 g/mol. The molecule has 5 heteroatoms. The van der Waals surface area contributed by atoms with E-state index in [9.17, 15) is 0 Å². The third kappa shape index (κ3) is 5.45. The number of hydrogen-bond donors (Lipinski definition) is 0. The second-order valence-corrected chi connectivity index (χ2v) is 21.6. The average Bonchev–Trinajstić information content (AvgIpc) is 3.89. The second kappa shape index (κ2) is 13.3. The molecule has 64 heavy (non-hydrogen) atoms. The second-order valence-electron chi connectivity index (χ2n) is 21.6. The summed E-state index contributed by atoms with van der Waals surface area (Å²) in [5, 5.41) is 4.30. The molecule has 8 fully saturated rings. The van der Waals surface area contributed by atoms with Crippen LogP contribution in [0.5, 0.6) is 0 Å². The first-order valence-electron chi connectivity index (χ1n) is 24.3. The van der Waals surface area contributed by atoms with Crippen molar-refractivity contribution in [3.63, 3.8) is 0 Å². The van der Waals surface area contributed by atoms with Crippen molar-refractivity contribution in [2.45, 2.75) is 87.9 Å². The fourth-order valence-electron chi connectivity index (χ4n) is 15.8. The van der Waals surface area contributed by atoms with E-state index in [2.05, 4.69) is 115 Å². The minimum absolute atomic E-state index is 0.326. The van der Waals surface area contributed by atoms with Gasteiger partial charge in [-0.25, -0.2) is 15.0 Å². The maximum Gasteiger partial charge on any atom is 0.167 e. The van der Waals surface area contributed by atoms with Gasteiger partial charge in [-0.15, -0.1) is 0 Å². The molecule has 3 heterocycles. The highest BCUT2D eigenvalue weighted by Crippen LogP contribution is 2.62. The topological polar surface area (TPSA) is 65.0 Å². The van der Waals surface area contributed by atoms with E-state index in [4.69, 9.17) is 23.8 Å². The van der Waals surface area contributed by atoms with Crippen molar-refractivity contribution in [3.05, 3.63) is 139 Å². The maximum atomic E-state index is 6.76. The standard InChI is InChI=1S/C59H51N3O2/c1-3-10-51-45(6-1)47-8-5-9-48(53(47)63-51)57-61-55(41-14-18-44(19-15-41)59-31-37-23-38(32-59)25-39(24-37)33-59)60-56(62-57)42-26-49(54-50(27-42)46-7-2-4-11-52(46)64-54)40-12-16-43(17-13-40)58-28-34-20-35(29-58)22-36(21-34)30-58/h1-19,26-27,34-39H,20-25,28-33H2. The van der Waals surface area contributed by atoms with Gasteiger partial charge in [0, 0.05) is 38.2 Å². The van der Waals surface area contributed by atoms with Gasteiger partial charge in [-0.3, -0.25) is 0 Å². The molecule has 0 unspecified atom stereocenters. The Morgan fingerprint density at radius 1 is 0.359 bits per heavy atom. The molecule has 17 rings (SSSR count). The lowest BCUT2D eigenvalue weighted by molar-refractivity contribution is -0.00530. The number of rotatable bonds is 6. The molecule has 0 aliphatic heterocycles. The molecule has 0 N–H and O–H groups in total. The van der Waals surface area contributed by atoms with E-state index < -0.39 is 0 Å².